The molecule has 0 aromatic carbocycles. The van der Waals surface area contributed by atoms with Gasteiger partial charge in [0.2, 0.25) is 0 Å². The largest absolute Gasteiger partial charge is 0.501 e. The first-order chi connectivity index (χ1) is 10.0. The van der Waals surface area contributed by atoms with Crippen LogP contribution in [0.25, 0.3) is 0 Å². The second-order valence-electron chi connectivity index (χ2n) is 8.17. The molecule has 132 valence electrons. The van der Waals surface area contributed by atoms with Gasteiger partial charge in [-0.05, 0) is 42.6 Å². The molecule has 0 radical (unpaired) electrons. The van der Waals surface area contributed by atoms with Gasteiger partial charge in [0.15, 0.2) is 0 Å². The highest BCUT2D eigenvalue weighted by Gasteiger charge is 2.38. The van der Waals surface area contributed by atoms with E-state index in [2.05, 4.69) is 68.4 Å². The van der Waals surface area contributed by atoms with E-state index in [1.807, 2.05) is 7.11 Å². The fourth-order valence-electron chi connectivity index (χ4n) is 4.39. The molecule has 0 aliphatic rings. The van der Waals surface area contributed by atoms with Crippen LogP contribution in [0.5, 0.6) is 0 Å². The molecule has 0 bridgehead atoms. The van der Waals surface area contributed by atoms with Gasteiger partial charge in [0.05, 0.1) is 18.5 Å². The molecule has 0 spiro atoms. The maximum Gasteiger partial charge on any atom is 0.0980 e. The molecule has 0 heterocycles. The zero-order valence-corrected chi connectivity index (χ0v) is 16.9. The minimum atomic E-state index is -0.310. The van der Waals surface area contributed by atoms with Crippen LogP contribution in [0.3, 0.4) is 0 Å². The van der Waals surface area contributed by atoms with Gasteiger partial charge >= 0.3 is 0 Å². The fraction of sp³-hybridized carbons (Fsp3) is 0.900. The molecular formula is C20H40O2. The molecule has 2 nitrogen and oxygen atoms in total. The van der Waals surface area contributed by atoms with E-state index in [-0.39, 0.29) is 5.60 Å². The Morgan fingerprint density at radius 2 is 1.18 bits per heavy atom. The van der Waals surface area contributed by atoms with Gasteiger partial charge in [-0.2, -0.15) is 0 Å². The topological polar surface area (TPSA) is 18.5 Å². The molecule has 0 saturated carbocycles. The van der Waals surface area contributed by atoms with Crippen LogP contribution in [0.15, 0.2) is 11.8 Å². The highest BCUT2D eigenvalue weighted by atomic mass is 16.5. The van der Waals surface area contributed by atoms with Crippen LogP contribution < -0.4 is 0 Å². The lowest BCUT2D eigenvalue weighted by Gasteiger charge is -2.41. The third-order valence-electron chi connectivity index (χ3n) is 4.97. The van der Waals surface area contributed by atoms with Crippen molar-refractivity contribution in [2.45, 2.75) is 67.9 Å². The summed E-state index contributed by atoms with van der Waals surface area (Å²) in [6.07, 6.45) is 2.25. The van der Waals surface area contributed by atoms with Gasteiger partial charge in [0.25, 0.3) is 0 Å². The molecule has 0 aromatic rings. The van der Waals surface area contributed by atoms with Crippen molar-refractivity contribution < 1.29 is 9.47 Å². The fourth-order valence-corrected chi connectivity index (χ4v) is 4.39. The van der Waals surface area contributed by atoms with Gasteiger partial charge in [-0.15, -0.1) is 0 Å². The van der Waals surface area contributed by atoms with Crippen LogP contribution in [0.2, 0.25) is 0 Å². The van der Waals surface area contributed by atoms with Gasteiger partial charge in [-0.1, -0.05) is 55.4 Å². The lowest BCUT2D eigenvalue weighted by atomic mass is 9.72. The highest BCUT2D eigenvalue weighted by Crippen LogP contribution is 2.38. The molecule has 0 aliphatic carbocycles. The maximum absolute atomic E-state index is 6.01. The zero-order valence-electron chi connectivity index (χ0n) is 16.9. The molecule has 22 heavy (non-hydrogen) atoms. The van der Waals surface area contributed by atoms with E-state index in [9.17, 15) is 0 Å². The average Bonchev–Trinajstić information content (AvgIpc) is 2.35. The van der Waals surface area contributed by atoms with Crippen LogP contribution in [-0.4, -0.2) is 19.8 Å². The Hall–Kier alpha value is -0.500. The Morgan fingerprint density at radius 1 is 0.773 bits per heavy atom. The van der Waals surface area contributed by atoms with Crippen molar-refractivity contribution in [3.05, 3.63) is 11.8 Å². The van der Waals surface area contributed by atoms with Gasteiger partial charge in [0, 0.05) is 13.0 Å². The van der Waals surface area contributed by atoms with Crippen molar-refractivity contribution >= 4 is 0 Å². The molecule has 1 unspecified atom stereocenters. The third-order valence-corrected chi connectivity index (χ3v) is 4.97. The van der Waals surface area contributed by atoms with E-state index in [0.717, 1.165) is 5.76 Å². The third kappa shape index (κ3) is 5.30. The Kier molecular flexibility index (Phi) is 8.75. The van der Waals surface area contributed by atoms with Gasteiger partial charge in [-0.3, -0.25) is 0 Å². The Morgan fingerprint density at radius 3 is 1.41 bits per heavy atom. The van der Waals surface area contributed by atoms with E-state index in [0.29, 0.717) is 35.5 Å². The molecule has 0 aliphatic heterocycles. The van der Waals surface area contributed by atoms with Crippen LogP contribution in [-0.2, 0) is 9.47 Å². The molecule has 0 amide bonds. The molecule has 0 aromatic heterocycles. The molecule has 0 saturated heterocycles. The van der Waals surface area contributed by atoms with Crippen molar-refractivity contribution in [1.29, 1.82) is 0 Å². The maximum atomic E-state index is 6.01. The summed E-state index contributed by atoms with van der Waals surface area (Å²) in [6.45, 7) is 20.4. The first-order valence-electron chi connectivity index (χ1n) is 8.83. The van der Waals surface area contributed by atoms with Crippen molar-refractivity contribution in [2.24, 2.45) is 35.5 Å². The molecule has 0 rings (SSSR count). The number of hydrogen-bond acceptors (Lipinski definition) is 2. The Labute approximate surface area is 139 Å². The minimum Gasteiger partial charge on any atom is -0.501 e. The molecule has 2 heteroatoms. The van der Waals surface area contributed by atoms with Crippen LogP contribution >= 0.6 is 0 Å². The lowest BCUT2D eigenvalue weighted by molar-refractivity contribution is -0.0418. The summed E-state index contributed by atoms with van der Waals surface area (Å²) in [6, 6.07) is 0. The van der Waals surface area contributed by atoms with Gasteiger partial charge < -0.3 is 9.47 Å². The molecular weight excluding hydrogens is 272 g/mol. The second-order valence-corrected chi connectivity index (χ2v) is 8.17. The van der Waals surface area contributed by atoms with Crippen molar-refractivity contribution in [3.8, 4) is 0 Å². The van der Waals surface area contributed by atoms with Crippen LogP contribution in [0, 0.1) is 35.5 Å². The van der Waals surface area contributed by atoms with E-state index >= 15 is 0 Å². The number of allylic oxidation sites excluding steroid dienone is 1. The Bertz CT molecular complexity index is 326. The van der Waals surface area contributed by atoms with E-state index in [1.54, 1.807) is 7.11 Å². The monoisotopic (exact) mass is 312 g/mol. The van der Waals surface area contributed by atoms with Gasteiger partial charge in [-0.25, -0.2) is 0 Å². The van der Waals surface area contributed by atoms with Crippen molar-refractivity contribution in [1.82, 2.24) is 0 Å². The van der Waals surface area contributed by atoms with Gasteiger partial charge in [0.1, 0.15) is 0 Å². The summed E-state index contributed by atoms with van der Waals surface area (Å²) in [5, 5.41) is 0. The van der Waals surface area contributed by atoms with E-state index in [1.165, 1.54) is 0 Å². The Balaban J connectivity index is 5.86. The number of rotatable bonds is 9. The minimum absolute atomic E-state index is 0.310. The van der Waals surface area contributed by atoms with Crippen molar-refractivity contribution in [3.63, 3.8) is 0 Å². The normalized spacial score (nSPS) is 16.5. The van der Waals surface area contributed by atoms with Crippen molar-refractivity contribution in [2.75, 3.05) is 14.2 Å². The first kappa shape index (κ1) is 21.5. The summed E-state index contributed by atoms with van der Waals surface area (Å²) in [5.74, 6) is 4.13. The molecule has 0 fully saturated rings. The predicted molar refractivity (Wildman–Crippen MR) is 96.8 cm³/mol. The molecule has 1 atom stereocenters. The molecule has 0 N–H and O–H groups in total. The number of ether oxygens (including phenoxy) is 2. The second kappa shape index (κ2) is 8.96. The summed E-state index contributed by atoms with van der Waals surface area (Å²) < 4.78 is 11.8. The zero-order chi connectivity index (χ0) is 17.7. The summed E-state index contributed by atoms with van der Waals surface area (Å²) in [7, 11) is 3.61. The standard InChI is InChI=1S/C20H40O2/c1-13(2)18(14(3)4)17(21-10)12-20(9,22-11)19(15(5)6)16(7)8/h12-16,18-19H,1-11H3/b17-12-. The number of hydrogen-bond donors (Lipinski definition) is 0. The number of methoxy groups -OCH3 is 2. The average molecular weight is 313 g/mol. The van der Waals surface area contributed by atoms with Crippen LogP contribution in [0.1, 0.15) is 62.3 Å². The summed E-state index contributed by atoms with van der Waals surface area (Å²) in [4.78, 5) is 0. The summed E-state index contributed by atoms with van der Waals surface area (Å²) in [5.41, 5.74) is -0.310. The summed E-state index contributed by atoms with van der Waals surface area (Å²) >= 11 is 0. The quantitative estimate of drug-likeness (QED) is 0.502. The highest BCUT2D eigenvalue weighted by molar-refractivity contribution is 5.12. The van der Waals surface area contributed by atoms with Crippen LogP contribution in [0.4, 0.5) is 0 Å². The lowest BCUT2D eigenvalue weighted by Crippen LogP contribution is -2.42. The first-order valence-corrected chi connectivity index (χ1v) is 8.83. The SMILES string of the molecule is CO/C(=C\C(C)(OC)C(C(C)C)C(C)C)C(C(C)C)C(C)C. The van der Waals surface area contributed by atoms with E-state index in [4.69, 9.17) is 9.47 Å². The van der Waals surface area contributed by atoms with E-state index < -0.39 is 0 Å². The predicted octanol–water partition coefficient (Wildman–Crippen LogP) is 5.78. The smallest absolute Gasteiger partial charge is 0.0980 e.